The van der Waals surface area contributed by atoms with E-state index in [4.69, 9.17) is 21.1 Å². The minimum absolute atomic E-state index is 0.0551. The topological polar surface area (TPSA) is 73.6 Å². The maximum atomic E-state index is 5.90. The highest BCUT2D eigenvalue weighted by Gasteiger charge is 2.10. The maximum Gasteiger partial charge on any atom is 0.255 e. The third kappa shape index (κ3) is 2.87. The molecule has 2 rings (SSSR count). The van der Waals surface area contributed by atoms with E-state index in [0.29, 0.717) is 29.9 Å². The van der Waals surface area contributed by atoms with E-state index >= 15 is 0 Å². The number of hydrogen-bond acceptors (Lipinski definition) is 6. The Morgan fingerprint density at radius 1 is 1.50 bits per heavy atom. The second-order valence-electron chi connectivity index (χ2n) is 3.63. The number of rotatable bonds is 6. The van der Waals surface area contributed by atoms with Crippen LogP contribution in [0.15, 0.2) is 12.4 Å². The van der Waals surface area contributed by atoms with Gasteiger partial charge in [-0.05, 0) is 0 Å². The van der Waals surface area contributed by atoms with Crippen LogP contribution in [0.4, 0.5) is 5.82 Å². The van der Waals surface area contributed by atoms with Gasteiger partial charge in [-0.25, -0.2) is 0 Å². The number of hydrogen-bond donors (Lipinski definition) is 1. The second kappa shape index (κ2) is 5.94. The van der Waals surface area contributed by atoms with Gasteiger partial charge in [-0.1, -0.05) is 11.6 Å². The molecule has 7 nitrogen and oxygen atoms in total. The van der Waals surface area contributed by atoms with Gasteiger partial charge in [-0.3, -0.25) is 0 Å². The number of ether oxygens (including phenoxy) is 2. The van der Waals surface area contributed by atoms with E-state index in [9.17, 15) is 0 Å². The van der Waals surface area contributed by atoms with Crippen molar-refractivity contribution in [2.75, 3.05) is 32.7 Å². The van der Waals surface area contributed by atoms with Crippen LogP contribution >= 0.6 is 11.6 Å². The molecule has 0 spiro atoms. The van der Waals surface area contributed by atoms with Crippen LogP contribution in [-0.2, 0) is 9.47 Å². The quantitative estimate of drug-likeness (QED) is 0.785. The Morgan fingerprint density at radius 3 is 3.06 bits per heavy atom. The highest BCUT2D eigenvalue weighted by Crippen LogP contribution is 2.14. The Labute approximate surface area is 109 Å². The molecule has 2 aromatic rings. The number of fused-ring (bicyclic) bond motifs is 1. The van der Waals surface area contributed by atoms with Crippen molar-refractivity contribution in [1.82, 2.24) is 19.6 Å². The van der Waals surface area contributed by atoms with Gasteiger partial charge in [0.2, 0.25) is 0 Å². The van der Waals surface area contributed by atoms with Crippen molar-refractivity contribution in [1.29, 1.82) is 0 Å². The Balaban J connectivity index is 2.13. The molecule has 2 aromatic heterocycles. The Morgan fingerprint density at radius 2 is 2.33 bits per heavy atom. The molecule has 1 unspecified atom stereocenters. The van der Waals surface area contributed by atoms with Crippen LogP contribution in [0.3, 0.4) is 0 Å². The van der Waals surface area contributed by atoms with E-state index in [-0.39, 0.29) is 6.10 Å². The second-order valence-corrected chi connectivity index (χ2v) is 4.02. The molecule has 0 aliphatic rings. The summed E-state index contributed by atoms with van der Waals surface area (Å²) in [5, 5.41) is 7.60. The van der Waals surface area contributed by atoms with Gasteiger partial charge in [0.15, 0.2) is 0 Å². The molecule has 0 amide bonds. The first-order valence-corrected chi connectivity index (χ1v) is 5.74. The number of aromatic nitrogens is 4. The van der Waals surface area contributed by atoms with E-state index in [0.717, 1.165) is 0 Å². The molecule has 0 fully saturated rings. The van der Waals surface area contributed by atoms with E-state index in [1.54, 1.807) is 24.8 Å². The molecule has 0 bridgehead atoms. The molecule has 0 aliphatic heterocycles. The Hall–Kier alpha value is -1.44. The Bertz CT molecular complexity index is 518. The molecular weight excluding hydrogens is 258 g/mol. The molecule has 0 saturated carbocycles. The maximum absolute atomic E-state index is 5.90. The average molecular weight is 272 g/mol. The fraction of sp³-hybridized carbons (Fsp3) is 0.500. The predicted molar refractivity (Wildman–Crippen MR) is 67.0 cm³/mol. The van der Waals surface area contributed by atoms with Crippen LogP contribution in [-0.4, -0.2) is 53.1 Å². The smallest absolute Gasteiger partial charge is 0.255 e. The van der Waals surface area contributed by atoms with Gasteiger partial charge in [0.25, 0.3) is 5.78 Å². The number of nitrogens with one attached hydrogen (secondary N) is 1. The fourth-order valence-electron chi connectivity index (χ4n) is 1.52. The molecule has 18 heavy (non-hydrogen) atoms. The lowest BCUT2D eigenvalue weighted by Crippen LogP contribution is -2.27. The van der Waals surface area contributed by atoms with Gasteiger partial charge >= 0.3 is 0 Å². The summed E-state index contributed by atoms with van der Waals surface area (Å²) in [6, 6.07) is 1.68. The number of methoxy groups -OCH3 is 2. The standard InChI is InChI=1S/C10H14ClN5O2/c1-17-5-7(18-2)4-12-9-3-8(11)15-10-13-6-14-16(9)10/h3,6-7,12H,4-5H2,1-2H3. The first kappa shape index (κ1) is 13.0. The number of nitrogens with zero attached hydrogens (tertiary/aromatic N) is 4. The molecule has 8 heteroatoms. The molecule has 0 radical (unpaired) electrons. The summed E-state index contributed by atoms with van der Waals surface area (Å²) < 4.78 is 11.9. The van der Waals surface area contributed by atoms with Gasteiger partial charge < -0.3 is 14.8 Å². The molecule has 0 saturated heterocycles. The molecule has 1 atom stereocenters. The molecule has 98 valence electrons. The van der Waals surface area contributed by atoms with Crippen LogP contribution < -0.4 is 5.32 Å². The zero-order valence-electron chi connectivity index (χ0n) is 10.1. The summed E-state index contributed by atoms with van der Waals surface area (Å²) in [6.45, 7) is 1.07. The van der Waals surface area contributed by atoms with Crippen LogP contribution in [0.2, 0.25) is 5.15 Å². The monoisotopic (exact) mass is 271 g/mol. The minimum atomic E-state index is -0.0551. The van der Waals surface area contributed by atoms with Crippen LogP contribution in [0.1, 0.15) is 0 Å². The Kier molecular flexibility index (Phi) is 4.29. The van der Waals surface area contributed by atoms with Crippen LogP contribution in [0.5, 0.6) is 0 Å². The lowest BCUT2D eigenvalue weighted by atomic mass is 10.3. The van der Waals surface area contributed by atoms with Crippen molar-refractivity contribution >= 4 is 23.2 Å². The first-order chi connectivity index (χ1) is 8.74. The summed E-state index contributed by atoms with van der Waals surface area (Å²) in [5.41, 5.74) is 0. The van der Waals surface area contributed by atoms with Gasteiger partial charge in [0.1, 0.15) is 17.3 Å². The van der Waals surface area contributed by atoms with E-state index in [2.05, 4.69) is 20.4 Å². The molecule has 0 aliphatic carbocycles. The van der Waals surface area contributed by atoms with E-state index in [1.807, 2.05) is 0 Å². The average Bonchev–Trinajstić information content (AvgIpc) is 2.82. The fourth-order valence-corrected chi connectivity index (χ4v) is 1.70. The predicted octanol–water partition coefficient (Wildman–Crippen LogP) is 0.851. The minimum Gasteiger partial charge on any atom is -0.382 e. The van der Waals surface area contributed by atoms with Crippen molar-refractivity contribution in [3.05, 3.63) is 17.5 Å². The molecular formula is C10H14ClN5O2. The van der Waals surface area contributed by atoms with Crippen molar-refractivity contribution in [2.45, 2.75) is 6.10 Å². The lowest BCUT2D eigenvalue weighted by molar-refractivity contribution is 0.0365. The van der Waals surface area contributed by atoms with Crippen LogP contribution in [0, 0.1) is 0 Å². The highest BCUT2D eigenvalue weighted by molar-refractivity contribution is 6.29. The van der Waals surface area contributed by atoms with E-state index < -0.39 is 0 Å². The van der Waals surface area contributed by atoms with Gasteiger partial charge in [0.05, 0.1) is 12.7 Å². The molecule has 2 heterocycles. The van der Waals surface area contributed by atoms with Crippen molar-refractivity contribution < 1.29 is 9.47 Å². The van der Waals surface area contributed by atoms with Crippen molar-refractivity contribution in [2.24, 2.45) is 0 Å². The van der Waals surface area contributed by atoms with Crippen molar-refractivity contribution in [3.63, 3.8) is 0 Å². The summed E-state index contributed by atoms with van der Waals surface area (Å²) >= 11 is 5.90. The summed E-state index contributed by atoms with van der Waals surface area (Å²) in [5.74, 6) is 1.16. The number of halogens is 1. The third-order valence-corrected chi connectivity index (χ3v) is 2.61. The van der Waals surface area contributed by atoms with E-state index in [1.165, 1.54) is 6.33 Å². The third-order valence-electron chi connectivity index (χ3n) is 2.42. The van der Waals surface area contributed by atoms with Crippen molar-refractivity contribution in [3.8, 4) is 0 Å². The summed E-state index contributed by atoms with van der Waals surface area (Å²) in [7, 11) is 3.26. The zero-order chi connectivity index (χ0) is 13.0. The van der Waals surface area contributed by atoms with Gasteiger partial charge in [0, 0.05) is 26.8 Å². The highest BCUT2D eigenvalue weighted by atomic mass is 35.5. The summed E-state index contributed by atoms with van der Waals surface area (Å²) in [6.07, 6.45) is 1.37. The molecule has 0 aromatic carbocycles. The SMILES string of the molecule is COCC(CNc1cc(Cl)nc2ncnn12)OC. The normalized spacial score (nSPS) is 12.8. The zero-order valence-corrected chi connectivity index (χ0v) is 10.9. The van der Waals surface area contributed by atoms with Crippen LogP contribution in [0.25, 0.3) is 5.78 Å². The lowest BCUT2D eigenvalue weighted by Gasteiger charge is -2.16. The van der Waals surface area contributed by atoms with Gasteiger partial charge in [-0.15, -0.1) is 0 Å². The first-order valence-electron chi connectivity index (χ1n) is 5.36. The number of anilines is 1. The summed E-state index contributed by atoms with van der Waals surface area (Å²) in [4.78, 5) is 8.02. The van der Waals surface area contributed by atoms with Gasteiger partial charge in [-0.2, -0.15) is 19.6 Å². The largest absolute Gasteiger partial charge is 0.382 e. The molecule has 1 N–H and O–H groups in total.